The summed E-state index contributed by atoms with van der Waals surface area (Å²) in [5.41, 5.74) is 13.2. The molecule has 0 fully saturated rings. The molecule has 3 heterocycles. The maximum Gasteiger partial charge on any atom is 0.198 e. The Hall–Kier alpha value is -6.59. The highest BCUT2D eigenvalue weighted by Gasteiger charge is 2.32. The number of aromatic nitrogens is 3. The number of fused-ring (bicyclic) bond motifs is 5. The fraction of sp³-hybridized carbons (Fsp3) is 0.122. The average molecular weight is 699 g/mol. The molecule has 5 aromatic carbocycles. The van der Waals surface area contributed by atoms with E-state index in [1.54, 1.807) is 0 Å². The molecule has 54 heavy (non-hydrogen) atoms. The number of hydrogen-bond acceptors (Lipinski definition) is 5. The topological polar surface area (TPSA) is 51.1 Å². The Balaban J connectivity index is 0.991. The largest absolute Gasteiger partial charge is 0.464 e. The van der Waals surface area contributed by atoms with Crippen LogP contribution < -0.4 is 9.64 Å². The molecule has 2 aliphatic carbocycles. The molecule has 3 aliphatic rings. The van der Waals surface area contributed by atoms with Crippen LogP contribution in [0, 0.1) is 0 Å². The predicted molar refractivity (Wildman–Crippen MR) is 222 cm³/mol. The van der Waals surface area contributed by atoms with Gasteiger partial charge in [-0.1, -0.05) is 134 Å². The monoisotopic (exact) mass is 698 g/mol. The lowest BCUT2D eigenvalue weighted by molar-refractivity contribution is 0.235. The highest BCUT2D eigenvalue weighted by atomic mass is 16.5. The highest BCUT2D eigenvalue weighted by Crippen LogP contribution is 2.50. The first-order valence-electron chi connectivity index (χ1n) is 18.8. The molecule has 0 bridgehead atoms. The molecule has 1 atom stereocenters. The van der Waals surface area contributed by atoms with Gasteiger partial charge in [0.25, 0.3) is 0 Å². The maximum atomic E-state index is 6.57. The SMILES string of the molecule is CN1c2c(ccc3c(-c4ccc(C5=CC=C(c6cc(-c7ccccc7)nc(C7=CCCC=C7)n6)CC5)cc4)nc4ccccc4c23)OC1c1ccccc1. The molecule has 0 spiro atoms. The van der Waals surface area contributed by atoms with Crippen LogP contribution in [0.25, 0.3) is 60.9 Å². The van der Waals surface area contributed by atoms with Crippen LogP contribution in [0.15, 0.2) is 158 Å². The van der Waals surface area contributed by atoms with Gasteiger partial charge in [0.2, 0.25) is 0 Å². The minimum Gasteiger partial charge on any atom is -0.464 e. The van der Waals surface area contributed by atoms with Crippen LogP contribution in [0.3, 0.4) is 0 Å². The fourth-order valence-electron chi connectivity index (χ4n) is 8.11. The van der Waals surface area contributed by atoms with E-state index in [0.29, 0.717) is 0 Å². The zero-order valence-corrected chi connectivity index (χ0v) is 30.1. The number of hydrogen-bond donors (Lipinski definition) is 0. The molecular formula is C49H38N4O. The number of para-hydroxylation sites is 1. The second-order valence-corrected chi connectivity index (χ2v) is 14.2. The van der Waals surface area contributed by atoms with E-state index in [1.165, 1.54) is 22.1 Å². The van der Waals surface area contributed by atoms with Crippen LogP contribution in [0.5, 0.6) is 5.75 Å². The smallest absolute Gasteiger partial charge is 0.198 e. The number of pyridine rings is 1. The zero-order chi connectivity index (χ0) is 36.0. The van der Waals surface area contributed by atoms with E-state index >= 15 is 0 Å². The molecule has 10 rings (SSSR count). The van der Waals surface area contributed by atoms with Crippen molar-refractivity contribution in [2.24, 2.45) is 0 Å². The third kappa shape index (κ3) is 5.69. The standard InChI is InChI=1S/C49H38N4O/c1-53-47-44(54-49(53)38-17-9-4-10-18-38)30-29-40-45(47)39-19-11-12-20-41(39)50-46(40)36-27-23-33(24-28-36)32-21-25-35(26-22-32)43-31-42(34-13-5-2-6-14-34)51-48(52-43)37-15-7-3-8-16-37/h2,4-7,9-21,23-25,27-31,49H,3,8,22,26H2,1H3. The van der Waals surface area contributed by atoms with Gasteiger partial charge >= 0.3 is 0 Å². The van der Waals surface area contributed by atoms with E-state index in [9.17, 15) is 0 Å². The minimum absolute atomic E-state index is 0.187. The number of anilines is 1. The first kappa shape index (κ1) is 32.1. The third-order valence-electron chi connectivity index (χ3n) is 10.9. The van der Waals surface area contributed by atoms with E-state index in [2.05, 4.69) is 158 Å². The number of benzene rings is 5. The summed E-state index contributed by atoms with van der Waals surface area (Å²) in [5, 5.41) is 3.42. The fourth-order valence-corrected chi connectivity index (χ4v) is 8.11. The van der Waals surface area contributed by atoms with Gasteiger partial charge in [0.05, 0.1) is 28.3 Å². The molecule has 0 saturated carbocycles. The van der Waals surface area contributed by atoms with Crippen molar-refractivity contribution in [3.8, 4) is 28.3 Å². The van der Waals surface area contributed by atoms with Gasteiger partial charge in [-0.2, -0.15) is 0 Å². The molecule has 7 aromatic rings. The van der Waals surface area contributed by atoms with Crippen molar-refractivity contribution >= 4 is 44.1 Å². The molecule has 0 saturated heterocycles. The van der Waals surface area contributed by atoms with Gasteiger partial charge in [-0.15, -0.1) is 0 Å². The van der Waals surface area contributed by atoms with E-state index in [-0.39, 0.29) is 6.23 Å². The van der Waals surface area contributed by atoms with Crippen LogP contribution in [-0.4, -0.2) is 22.0 Å². The van der Waals surface area contributed by atoms with Gasteiger partial charge in [0, 0.05) is 45.5 Å². The van der Waals surface area contributed by atoms with Crippen LogP contribution in [0.2, 0.25) is 0 Å². The highest BCUT2D eigenvalue weighted by molar-refractivity contribution is 6.18. The van der Waals surface area contributed by atoms with E-state index in [4.69, 9.17) is 19.7 Å². The van der Waals surface area contributed by atoms with Crippen LogP contribution in [-0.2, 0) is 0 Å². The zero-order valence-electron chi connectivity index (χ0n) is 30.1. The minimum atomic E-state index is -0.187. The Labute approximate surface area is 315 Å². The molecule has 0 amide bonds. The summed E-state index contributed by atoms with van der Waals surface area (Å²) < 4.78 is 6.57. The van der Waals surface area contributed by atoms with E-state index in [0.717, 1.165) is 98.6 Å². The Morgan fingerprint density at radius 3 is 2.13 bits per heavy atom. The Kier molecular flexibility index (Phi) is 7.98. The second-order valence-electron chi connectivity index (χ2n) is 14.2. The first-order valence-corrected chi connectivity index (χ1v) is 18.8. The Morgan fingerprint density at radius 1 is 0.630 bits per heavy atom. The Morgan fingerprint density at radius 2 is 1.35 bits per heavy atom. The molecule has 5 nitrogen and oxygen atoms in total. The quantitative estimate of drug-likeness (QED) is 0.162. The van der Waals surface area contributed by atoms with Crippen LogP contribution in [0.4, 0.5) is 5.69 Å². The molecule has 5 heteroatoms. The summed E-state index contributed by atoms with van der Waals surface area (Å²) in [5.74, 6) is 1.69. The van der Waals surface area contributed by atoms with Crippen molar-refractivity contribution in [3.05, 3.63) is 180 Å². The molecule has 260 valence electrons. The number of allylic oxidation sites excluding steroid dienone is 8. The summed E-state index contributed by atoms with van der Waals surface area (Å²) in [6.45, 7) is 0. The van der Waals surface area contributed by atoms with Crippen molar-refractivity contribution in [1.82, 2.24) is 15.0 Å². The van der Waals surface area contributed by atoms with Crippen molar-refractivity contribution in [2.75, 3.05) is 11.9 Å². The predicted octanol–water partition coefficient (Wildman–Crippen LogP) is 12.0. The maximum absolute atomic E-state index is 6.57. The summed E-state index contributed by atoms with van der Waals surface area (Å²) >= 11 is 0. The molecule has 0 N–H and O–H groups in total. The van der Waals surface area contributed by atoms with Gasteiger partial charge in [-0.25, -0.2) is 15.0 Å². The third-order valence-corrected chi connectivity index (χ3v) is 10.9. The van der Waals surface area contributed by atoms with Crippen molar-refractivity contribution in [3.63, 3.8) is 0 Å². The normalized spacial score (nSPS) is 16.5. The van der Waals surface area contributed by atoms with Gasteiger partial charge in [-0.05, 0) is 66.7 Å². The lowest BCUT2D eigenvalue weighted by atomic mass is 9.90. The summed E-state index contributed by atoms with van der Waals surface area (Å²) in [6, 6.07) is 44.7. The Bertz CT molecular complexity index is 2690. The van der Waals surface area contributed by atoms with Gasteiger partial charge < -0.3 is 9.64 Å². The molecule has 2 aromatic heterocycles. The lowest BCUT2D eigenvalue weighted by Gasteiger charge is -2.22. The van der Waals surface area contributed by atoms with Gasteiger partial charge in [0.15, 0.2) is 12.1 Å². The van der Waals surface area contributed by atoms with E-state index in [1.807, 2.05) is 12.1 Å². The van der Waals surface area contributed by atoms with Crippen molar-refractivity contribution in [2.45, 2.75) is 31.9 Å². The van der Waals surface area contributed by atoms with E-state index < -0.39 is 0 Å². The molecular weight excluding hydrogens is 661 g/mol. The molecule has 1 unspecified atom stereocenters. The lowest BCUT2D eigenvalue weighted by Crippen LogP contribution is -2.22. The van der Waals surface area contributed by atoms with Crippen molar-refractivity contribution in [1.29, 1.82) is 0 Å². The van der Waals surface area contributed by atoms with Crippen LogP contribution in [0.1, 0.15) is 54.6 Å². The number of rotatable bonds is 6. The molecule has 1 aliphatic heterocycles. The van der Waals surface area contributed by atoms with Crippen molar-refractivity contribution < 1.29 is 4.74 Å². The summed E-state index contributed by atoms with van der Waals surface area (Å²) in [6.07, 6.45) is 14.9. The summed E-state index contributed by atoms with van der Waals surface area (Å²) in [7, 11) is 2.13. The first-order chi connectivity index (χ1) is 26.7. The average Bonchev–Trinajstić information content (AvgIpc) is 3.60. The second kappa shape index (κ2) is 13.4. The van der Waals surface area contributed by atoms with Crippen LogP contribution >= 0.6 is 0 Å². The number of nitrogens with zero attached hydrogens (tertiary/aromatic N) is 4. The number of ether oxygens (including phenoxy) is 1. The van der Waals surface area contributed by atoms with Gasteiger partial charge in [0.1, 0.15) is 5.75 Å². The summed E-state index contributed by atoms with van der Waals surface area (Å²) in [4.78, 5) is 17.6. The molecule has 0 radical (unpaired) electrons. The van der Waals surface area contributed by atoms with Gasteiger partial charge in [-0.3, -0.25) is 0 Å².